The first-order chi connectivity index (χ1) is 9.20. The number of carbonyl (C=O) groups is 1. The Balaban J connectivity index is 2.02. The molecule has 1 aromatic heterocycles. The molecule has 1 N–H and O–H groups in total. The van der Waals surface area contributed by atoms with Crippen molar-refractivity contribution in [2.45, 2.75) is 0 Å². The van der Waals surface area contributed by atoms with Gasteiger partial charge in [-0.2, -0.15) is 5.10 Å². The Morgan fingerprint density at radius 3 is 2.84 bits per heavy atom. The van der Waals surface area contributed by atoms with Gasteiger partial charge >= 0.3 is 5.91 Å². The van der Waals surface area contributed by atoms with Crippen LogP contribution in [-0.4, -0.2) is 19.2 Å². The van der Waals surface area contributed by atoms with E-state index in [-0.39, 0.29) is 5.76 Å². The van der Waals surface area contributed by atoms with Crippen LogP contribution in [0, 0.1) is 0 Å². The van der Waals surface area contributed by atoms with E-state index in [1.54, 1.807) is 19.2 Å². The summed E-state index contributed by atoms with van der Waals surface area (Å²) in [7, 11) is 1.58. The van der Waals surface area contributed by atoms with E-state index in [2.05, 4.69) is 26.5 Å². The van der Waals surface area contributed by atoms with E-state index in [1.165, 1.54) is 6.21 Å². The monoisotopic (exact) mass is 322 g/mol. The summed E-state index contributed by atoms with van der Waals surface area (Å²) in [5.41, 5.74) is 3.14. The molecular formula is C13H11BrN2O3. The van der Waals surface area contributed by atoms with Crippen molar-refractivity contribution < 1.29 is 13.9 Å². The summed E-state index contributed by atoms with van der Waals surface area (Å²) in [6.45, 7) is 0. The molecule has 0 saturated heterocycles. The van der Waals surface area contributed by atoms with Gasteiger partial charge in [0.05, 0.1) is 13.3 Å². The van der Waals surface area contributed by atoms with Crippen LogP contribution in [0.1, 0.15) is 16.1 Å². The molecule has 1 amide bonds. The number of hydrogen-bond acceptors (Lipinski definition) is 4. The van der Waals surface area contributed by atoms with Crippen molar-refractivity contribution in [1.29, 1.82) is 0 Å². The van der Waals surface area contributed by atoms with Gasteiger partial charge in [0.15, 0.2) is 10.4 Å². The van der Waals surface area contributed by atoms with Crippen LogP contribution in [0.25, 0.3) is 0 Å². The summed E-state index contributed by atoms with van der Waals surface area (Å²) < 4.78 is 10.8. The average molecular weight is 323 g/mol. The molecular weight excluding hydrogens is 312 g/mol. The molecule has 0 radical (unpaired) electrons. The molecule has 0 aliphatic carbocycles. The lowest BCUT2D eigenvalue weighted by atomic mass is 10.2. The van der Waals surface area contributed by atoms with E-state index < -0.39 is 5.91 Å². The van der Waals surface area contributed by atoms with Crippen LogP contribution in [0.15, 0.2) is 50.6 Å². The average Bonchev–Trinajstić information content (AvgIpc) is 2.86. The molecule has 98 valence electrons. The standard InChI is InChI=1S/C13H11BrN2O3/c1-18-10-5-3-2-4-9(10)8-15-16-13(17)11-6-7-12(14)19-11/h2-8H,1H3,(H,16,17). The first-order valence-electron chi connectivity index (χ1n) is 5.42. The summed E-state index contributed by atoms with van der Waals surface area (Å²) in [6, 6.07) is 10.5. The van der Waals surface area contributed by atoms with Crippen LogP contribution in [0.3, 0.4) is 0 Å². The van der Waals surface area contributed by atoms with Crippen molar-refractivity contribution in [1.82, 2.24) is 5.43 Å². The van der Waals surface area contributed by atoms with E-state index >= 15 is 0 Å². The quantitative estimate of drug-likeness (QED) is 0.695. The Kier molecular flexibility index (Phi) is 4.35. The third kappa shape index (κ3) is 3.45. The number of nitrogens with one attached hydrogen (secondary N) is 1. The Hall–Kier alpha value is -2.08. The van der Waals surface area contributed by atoms with Crippen molar-refractivity contribution in [2.75, 3.05) is 7.11 Å². The Morgan fingerprint density at radius 2 is 2.16 bits per heavy atom. The third-order valence-corrected chi connectivity index (χ3v) is 2.73. The molecule has 2 aromatic rings. The second kappa shape index (κ2) is 6.19. The van der Waals surface area contributed by atoms with Gasteiger partial charge in [-0.3, -0.25) is 4.79 Å². The number of rotatable bonds is 4. The predicted molar refractivity (Wildman–Crippen MR) is 74.5 cm³/mol. The molecule has 2 rings (SSSR count). The molecule has 0 saturated carbocycles. The first-order valence-corrected chi connectivity index (χ1v) is 6.22. The number of amides is 1. The highest BCUT2D eigenvalue weighted by Gasteiger charge is 2.08. The van der Waals surface area contributed by atoms with Gasteiger partial charge in [0.1, 0.15) is 5.75 Å². The number of methoxy groups -OCH3 is 1. The maximum Gasteiger partial charge on any atom is 0.307 e. The van der Waals surface area contributed by atoms with Crippen molar-refractivity contribution in [3.8, 4) is 5.75 Å². The van der Waals surface area contributed by atoms with Gasteiger partial charge in [-0.25, -0.2) is 5.43 Å². The number of hydrogen-bond donors (Lipinski definition) is 1. The molecule has 1 aromatic carbocycles. The molecule has 5 nitrogen and oxygen atoms in total. The highest BCUT2D eigenvalue weighted by atomic mass is 79.9. The zero-order chi connectivity index (χ0) is 13.7. The van der Waals surface area contributed by atoms with Gasteiger partial charge < -0.3 is 9.15 Å². The molecule has 0 aliphatic heterocycles. The number of para-hydroxylation sites is 1. The lowest BCUT2D eigenvalue weighted by molar-refractivity contribution is 0.0926. The van der Waals surface area contributed by atoms with Crippen LogP contribution in [0.2, 0.25) is 0 Å². The fourth-order valence-corrected chi connectivity index (χ4v) is 1.73. The highest BCUT2D eigenvalue weighted by molar-refractivity contribution is 9.10. The first kappa shape index (κ1) is 13.4. The van der Waals surface area contributed by atoms with E-state index in [9.17, 15) is 4.79 Å². The number of nitrogens with zero attached hydrogens (tertiary/aromatic N) is 1. The fourth-order valence-electron chi connectivity index (χ4n) is 1.42. The number of carbonyl (C=O) groups excluding carboxylic acids is 1. The SMILES string of the molecule is COc1ccccc1C=NNC(=O)c1ccc(Br)o1. The van der Waals surface area contributed by atoms with Crippen molar-refractivity contribution in [3.05, 3.63) is 52.4 Å². The summed E-state index contributed by atoms with van der Waals surface area (Å²) >= 11 is 3.12. The maximum absolute atomic E-state index is 11.6. The Bertz CT molecular complexity index is 607. The van der Waals surface area contributed by atoms with Gasteiger partial charge in [0.2, 0.25) is 0 Å². The molecule has 1 heterocycles. The van der Waals surface area contributed by atoms with Gasteiger partial charge in [-0.15, -0.1) is 0 Å². The topological polar surface area (TPSA) is 63.8 Å². The molecule has 0 bridgehead atoms. The Morgan fingerprint density at radius 1 is 1.37 bits per heavy atom. The summed E-state index contributed by atoms with van der Waals surface area (Å²) in [6.07, 6.45) is 1.51. The lowest BCUT2D eigenvalue weighted by Crippen LogP contribution is -2.16. The molecule has 0 fully saturated rings. The minimum Gasteiger partial charge on any atom is -0.496 e. The molecule has 19 heavy (non-hydrogen) atoms. The second-order valence-electron chi connectivity index (χ2n) is 3.54. The molecule has 0 unspecified atom stereocenters. The Labute approximate surface area is 118 Å². The van der Waals surface area contributed by atoms with E-state index in [0.29, 0.717) is 10.4 Å². The number of halogens is 1. The predicted octanol–water partition coefficient (Wildman–Crippen LogP) is 2.81. The maximum atomic E-state index is 11.6. The number of ether oxygens (including phenoxy) is 1. The number of furan rings is 1. The van der Waals surface area contributed by atoms with Gasteiger partial charge in [0.25, 0.3) is 0 Å². The molecule has 6 heteroatoms. The zero-order valence-corrected chi connectivity index (χ0v) is 11.7. The van der Waals surface area contributed by atoms with Crippen LogP contribution in [0.5, 0.6) is 5.75 Å². The van der Waals surface area contributed by atoms with Gasteiger partial charge in [0, 0.05) is 5.56 Å². The van der Waals surface area contributed by atoms with Crippen LogP contribution in [-0.2, 0) is 0 Å². The number of benzene rings is 1. The van der Waals surface area contributed by atoms with Crippen molar-refractivity contribution in [2.24, 2.45) is 5.10 Å². The minimum absolute atomic E-state index is 0.184. The summed E-state index contributed by atoms with van der Waals surface area (Å²) in [4.78, 5) is 11.6. The summed E-state index contributed by atoms with van der Waals surface area (Å²) in [5.74, 6) is 0.446. The smallest absolute Gasteiger partial charge is 0.307 e. The van der Waals surface area contributed by atoms with Crippen molar-refractivity contribution >= 4 is 28.1 Å². The van der Waals surface area contributed by atoms with Crippen LogP contribution in [0.4, 0.5) is 0 Å². The fraction of sp³-hybridized carbons (Fsp3) is 0.0769. The second-order valence-corrected chi connectivity index (χ2v) is 4.33. The van der Waals surface area contributed by atoms with E-state index in [1.807, 2.05) is 24.3 Å². The third-order valence-electron chi connectivity index (χ3n) is 2.31. The lowest BCUT2D eigenvalue weighted by Gasteiger charge is -2.02. The van der Waals surface area contributed by atoms with Crippen LogP contribution >= 0.6 is 15.9 Å². The summed E-state index contributed by atoms with van der Waals surface area (Å²) in [5, 5.41) is 3.86. The normalized spacial score (nSPS) is 10.6. The molecule has 0 spiro atoms. The molecule has 0 atom stereocenters. The van der Waals surface area contributed by atoms with Gasteiger partial charge in [-0.1, -0.05) is 12.1 Å². The molecule has 0 aliphatic rings. The highest BCUT2D eigenvalue weighted by Crippen LogP contribution is 2.15. The van der Waals surface area contributed by atoms with Crippen molar-refractivity contribution in [3.63, 3.8) is 0 Å². The zero-order valence-electron chi connectivity index (χ0n) is 10.1. The number of hydrazone groups is 1. The van der Waals surface area contributed by atoms with Crippen LogP contribution < -0.4 is 10.2 Å². The minimum atomic E-state index is -0.420. The van der Waals surface area contributed by atoms with Gasteiger partial charge in [-0.05, 0) is 40.2 Å². The van der Waals surface area contributed by atoms with E-state index in [0.717, 1.165) is 5.56 Å². The largest absolute Gasteiger partial charge is 0.496 e. The van der Waals surface area contributed by atoms with E-state index in [4.69, 9.17) is 9.15 Å².